The van der Waals surface area contributed by atoms with E-state index >= 15 is 0 Å². The zero-order valence-electron chi connectivity index (χ0n) is 17.6. The van der Waals surface area contributed by atoms with E-state index in [1.54, 1.807) is 19.1 Å². The molecule has 0 radical (unpaired) electrons. The number of halogens is 1. The molecular formula is C22H26ClN3O4S. The second-order valence-corrected chi connectivity index (χ2v) is 10.7. The molecule has 166 valence electrons. The highest BCUT2D eigenvalue weighted by molar-refractivity contribution is 7.93. The molecule has 7 nitrogen and oxygen atoms in total. The van der Waals surface area contributed by atoms with E-state index < -0.39 is 10.0 Å². The average molecular weight is 464 g/mol. The summed E-state index contributed by atoms with van der Waals surface area (Å²) in [5, 5.41) is 3.48. The monoisotopic (exact) mass is 463 g/mol. The van der Waals surface area contributed by atoms with Crippen molar-refractivity contribution in [1.29, 1.82) is 0 Å². The topological polar surface area (TPSA) is 88.6 Å². The molecule has 2 aliphatic rings. The van der Waals surface area contributed by atoms with Gasteiger partial charge in [-0.05, 0) is 74.4 Å². The fourth-order valence-electron chi connectivity index (χ4n) is 4.21. The summed E-state index contributed by atoms with van der Waals surface area (Å²) in [5.74, 6) is 0.371. The van der Waals surface area contributed by atoms with Crippen LogP contribution in [0.1, 0.15) is 53.6 Å². The minimum atomic E-state index is -3.37. The minimum Gasteiger partial charge on any atom is -0.378 e. The lowest BCUT2D eigenvalue weighted by Crippen LogP contribution is -2.26. The summed E-state index contributed by atoms with van der Waals surface area (Å²) in [6, 6.07) is 7.15. The highest BCUT2D eigenvalue weighted by atomic mass is 35.5. The molecule has 1 N–H and O–H groups in total. The van der Waals surface area contributed by atoms with Crippen LogP contribution >= 0.6 is 11.6 Å². The van der Waals surface area contributed by atoms with Gasteiger partial charge in [0, 0.05) is 35.6 Å². The summed E-state index contributed by atoms with van der Waals surface area (Å²) in [7, 11) is -3.37. The number of benzene rings is 1. The van der Waals surface area contributed by atoms with Gasteiger partial charge in [0.1, 0.15) is 5.82 Å². The molecule has 1 aromatic carbocycles. The largest absolute Gasteiger partial charge is 0.378 e. The van der Waals surface area contributed by atoms with Crippen molar-refractivity contribution >= 4 is 39.0 Å². The van der Waals surface area contributed by atoms with Gasteiger partial charge in [0.05, 0.1) is 11.9 Å². The lowest BCUT2D eigenvalue weighted by atomic mass is 9.89. The van der Waals surface area contributed by atoms with Crippen LogP contribution in [-0.2, 0) is 14.8 Å². The number of rotatable bonds is 4. The van der Waals surface area contributed by atoms with Gasteiger partial charge in [-0.2, -0.15) is 0 Å². The molecule has 2 aliphatic heterocycles. The molecular weight excluding hydrogens is 438 g/mol. The molecule has 0 spiro atoms. The molecule has 0 aliphatic carbocycles. The van der Waals surface area contributed by atoms with E-state index in [1.807, 2.05) is 12.1 Å². The predicted molar refractivity (Wildman–Crippen MR) is 122 cm³/mol. The normalized spacial score (nSPS) is 23.0. The van der Waals surface area contributed by atoms with E-state index in [1.165, 1.54) is 10.5 Å². The number of ether oxygens (including phenoxy) is 1. The van der Waals surface area contributed by atoms with Gasteiger partial charge in [0.2, 0.25) is 10.0 Å². The van der Waals surface area contributed by atoms with Crippen LogP contribution in [0.5, 0.6) is 0 Å². The Morgan fingerprint density at radius 2 is 2.10 bits per heavy atom. The highest BCUT2D eigenvalue weighted by Gasteiger charge is 2.30. The number of sulfonamides is 1. The zero-order valence-corrected chi connectivity index (χ0v) is 19.2. The Morgan fingerprint density at radius 1 is 1.29 bits per heavy atom. The van der Waals surface area contributed by atoms with E-state index in [9.17, 15) is 13.2 Å². The Morgan fingerprint density at radius 3 is 2.81 bits per heavy atom. The van der Waals surface area contributed by atoms with Crippen LogP contribution in [0, 0.1) is 6.92 Å². The number of aromatic nitrogens is 1. The molecule has 2 saturated heterocycles. The molecule has 9 heteroatoms. The SMILES string of the molecule is Cc1cnc(N2CCCS2(=O)=O)cc1C(=O)Nc1cc(Cl)cc(C2CCOC(C)C2)c1. The van der Waals surface area contributed by atoms with Crippen molar-refractivity contribution in [3.05, 3.63) is 52.2 Å². The van der Waals surface area contributed by atoms with Crippen molar-refractivity contribution in [3.63, 3.8) is 0 Å². The van der Waals surface area contributed by atoms with Crippen molar-refractivity contribution in [2.45, 2.75) is 45.1 Å². The van der Waals surface area contributed by atoms with Crippen LogP contribution in [0.2, 0.25) is 5.02 Å². The number of hydrogen-bond donors (Lipinski definition) is 1. The minimum absolute atomic E-state index is 0.0974. The first kappa shape index (κ1) is 22.0. The number of carbonyl (C=O) groups is 1. The zero-order chi connectivity index (χ0) is 22.2. The quantitative estimate of drug-likeness (QED) is 0.736. The predicted octanol–water partition coefficient (Wildman–Crippen LogP) is 4.12. The van der Waals surface area contributed by atoms with Crippen LogP contribution in [0.4, 0.5) is 11.5 Å². The van der Waals surface area contributed by atoms with Gasteiger partial charge in [-0.1, -0.05) is 11.6 Å². The second-order valence-electron chi connectivity index (χ2n) is 8.23. The molecule has 2 atom stereocenters. The van der Waals surface area contributed by atoms with E-state index in [0.29, 0.717) is 47.3 Å². The van der Waals surface area contributed by atoms with Crippen LogP contribution in [-0.4, -0.2) is 44.3 Å². The third-order valence-corrected chi connectivity index (χ3v) is 7.89. The summed E-state index contributed by atoms with van der Waals surface area (Å²) in [4.78, 5) is 17.3. The van der Waals surface area contributed by atoms with Gasteiger partial charge in [0.25, 0.3) is 5.91 Å². The molecule has 0 bridgehead atoms. The third kappa shape index (κ3) is 4.86. The van der Waals surface area contributed by atoms with Crippen LogP contribution in [0.25, 0.3) is 0 Å². The molecule has 2 fully saturated rings. The van der Waals surface area contributed by atoms with Crippen molar-refractivity contribution in [1.82, 2.24) is 4.98 Å². The van der Waals surface area contributed by atoms with E-state index in [0.717, 1.165) is 18.4 Å². The first-order valence-corrected chi connectivity index (χ1v) is 12.4. The Balaban J connectivity index is 1.58. The fourth-order valence-corrected chi connectivity index (χ4v) is 5.96. The number of nitrogens with one attached hydrogen (secondary N) is 1. The van der Waals surface area contributed by atoms with Gasteiger partial charge in [0.15, 0.2) is 0 Å². The molecule has 2 unspecified atom stereocenters. The Bertz CT molecular complexity index is 1110. The first-order valence-electron chi connectivity index (χ1n) is 10.4. The molecule has 0 saturated carbocycles. The summed E-state index contributed by atoms with van der Waals surface area (Å²) in [6.45, 7) is 4.92. The molecule has 31 heavy (non-hydrogen) atoms. The van der Waals surface area contributed by atoms with Gasteiger partial charge in [-0.15, -0.1) is 0 Å². The number of hydrogen-bond acceptors (Lipinski definition) is 5. The lowest BCUT2D eigenvalue weighted by Gasteiger charge is -2.28. The maximum Gasteiger partial charge on any atom is 0.256 e. The fraction of sp³-hybridized carbons (Fsp3) is 0.455. The maximum atomic E-state index is 13.0. The van der Waals surface area contributed by atoms with E-state index in [-0.39, 0.29) is 23.6 Å². The number of aryl methyl sites for hydroxylation is 1. The number of pyridine rings is 1. The van der Waals surface area contributed by atoms with E-state index in [2.05, 4.69) is 17.2 Å². The van der Waals surface area contributed by atoms with Crippen LogP contribution in [0.3, 0.4) is 0 Å². The van der Waals surface area contributed by atoms with Crippen molar-refractivity contribution in [2.75, 3.05) is 28.5 Å². The van der Waals surface area contributed by atoms with Crippen molar-refractivity contribution in [3.8, 4) is 0 Å². The summed E-state index contributed by atoms with van der Waals surface area (Å²) in [6.07, 6.45) is 4.09. The van der Waals surface area contributed by atoms with Gasteiger partial charge >= 0.3 is 0 Å². The standard InChI is InChI=1S/C22H26ClN3O4S/c1-14-13-24-21(26-5-3-7-31(26,28)29)12-20(14)22(27)25-19-10-17(9-18(23)11-19)16-4-6-30-15(2)8-16/h9-13,15-16H,3-8H2,1-2H3,(H,25,27). The number of amides is 1. The van der Waals surface area contributed by atoms with Gasteiger partial charge in [-0.25, -0.2) is 13.4 Å². The average Bonchev–Trinajstić information content (AvgIpc) is 3.07. The van der Waals surface area contributed by atoms with Crippen molar-refractivity contribution < 1.29 is 17.9 Å². The number of carbonyl (C=O) groups excluding carboxylic acids is 1. The van der Waals surface area contributed by atoms with Crippen molar-refractivity contribution in [2.24, 2.45) is 0 Å². The lowest BCUT2D eigenvalue weighted by molar-refractivity contribution is 0.0186. The number of nitrogens with zero attached hydrogens (tertiary/aromatic N) is 2. The van der Waals surface area contributed by atoms with E-state index in [4.69, 9.17) is 16.3 Å². The van der Waals surface area contributed by atoms with Crippen LogP contribution < -0.4 is 9.62 Å². The molecule has 1 amide bonds. The molecule has 3 heterocycles. The second kappa shape index (κ2) is 8.76. The maximum absolute atomic E-state index is 13.0. The Labute approximate surface area is 187 Å². The Hall–Kier alpha value is -2.16. The smallest absolute Gasteiger partial charge is 0.256 e. The molecule has 2 aromatic rings. The van der Waals surface area contributed by atoms with Crippen LogP contribution in [0.15, 0.2) is 30.5 Å². The number of anilines is 2. The molecule has 1 aromatic heterocycles. The first-order chi connectivity index (χ1) is 14.7. The highest BCUT2D eigenvalue weighted by Crippen LogP contribution is 2.33. The Kier molecular flexibility index (Phi) is 6.23. The summed E-state index contributed by atoms with van der Waals surface area (Å²) in [5.41, 5.74) is 2.73. The third-order valence-electron chi connectivity index (χ3n) is 5.82. The summed E-state index contributed by atoms with van der Waals surface area (Å²) < 4.78 is 31.4. The van der Waals surface area contributed by atoms with Gasteiger partial charge in [-0.3, -0.25) is 9.10 Å². The molecule has 4 rings (SSSR count). The van der Waals surface area contributed by atoms with Gasteiger partial charge < -0.3 is 10.1 Å². The summed E-state index contributed by atoms with van der Waals surface area (Å²) >= 11 is 6.34.